The van der Waals surface area contributed by atoms with Crippen LogP contribution in [-0.2, 0) is 9.53 Å². The number of ether oxygens (including phenoxy) is 1. The molecular weight excluding hydrogens is 140 g/mol. The molecule has 0 aromatic carbocycles. The second-order valence-corrected chi connectivity index (χ2v) is 3.10. The van der Waals surface area contributed by atoms with Crippen LogP contribution in [0.4, 0.5) is 0 Å². The van der Waals surface area contributed by atoms with Gasteiger partial charge in [0.2, 0.25) is 0 Å². The summed E-state index contributed by atoms with van der Waals surface area (Å²) in [7, 11) is 0. The van der Waals surface area contributed by atoms with Crippen LogP contribution in [0.1, 0.15) is 26.7 Å². The minimum atomic E-state index is -0.0932. The van der Waals surface area contributed by atoms with Crippen molar-refractivity contribution >= 4 is 5.97 Å². The summed E-state index contributed by atoms with van der Waals surface area (Å²) in [6, 6.07) is 0. The van der Waals surface area contributed by atoms with Crippen molar-refractivity contribution in [2.24, 2.45) is 5.92 Å². The maximum atomic E-state index is 11.1. The average Bonchev–Trinajstić information content (AvgIpc) is 2.30. The third kappa shape index (κ3) is 1.62. The molecule has 11 heavy (non-hydrogen) atoms. The first kappa shape index (κ1) is 8.31. The van der Waals surface area contributed by atoms with E-state index in [9.17, 15) is 4.79 Å². The quantitative estimate of drug-likeness (QED) is 0.448. The highest BCUT2D eigenvalue weighted by Gasteiger charge is 2.33. The summed E-state index contributed by atoms with van der Waals surface area (Å²) in [6.45, 7) is 7.66. The van der Waals surface area contributed by atoms with Crippen LogP contribution in [-0.4, -0.2) is 12.1 Å². The van der Waals surface area contributed by atoms with Gasteiger partial charge in [0.05, 0.1) is 5.92 Å². The van der Waals surface area contributed by atoms with E-state index in [0.717, 1.165) is 18.4 Å². The molecular formula is C9H14O2. The Morgan fingerprint density at radius 2 is 2.45 bits per heavy atom. The molecule has 0 aromatic heterocycles. The SMILES string of the molecule is C=C(C)C1CC(CC)OC1=O. The first-order chi connectivity index (χ1) is 5.15. The van der Waals surface area contributed by atoms with E-state index in [0.29, 0.717) is 0 Å². The molecule has 0 aromatic rings. The standard InChI is InChI=1S/C9H14O2/c1-4-7-5-8(6(2)3)9(10)11-7/h7-8H,2,4-5H2,1,3H3. The van der Waals surface area contributed by atoms with Gasteiger partial charge in [-0.3, -0.25) is 4.79 Å². The summed E-state index contributed by atoms with van der Waals surface area (Å²) in [5.41, 5.74) is 0.922. The lowest BCUT2D eigenvalue weighted by atomic mass is 9.97. The number of hydrogen-bond acceptors (Lipinski definition) is 2. The van der Waals surface area contributed by atoms with Crippen LogP contribution in [0.5, 0.6) is 0 Å². The van der Waals surface area contributed by atoms with Gasteiger partial charge in [-0.25, -0.2) is 0 Å². The fourth-order valence-corrected chi connectivity index (χ4v) is 1.31. The molecule has 1 rings (SSSR count). The van der Waals surface area contributed by atoms with E-state index in [1.807, 2.05) is 13.8 Å². The molecule has 2 unspecified atom stereocenters. The highest BCUT2D eigenvalue weighted by atomic mass is 16.5. The molecule has 0 aliphatic carbocycles. The Labute approximate surface area is 67.2 Å². The average molecular weight is 154 g/mol. The molecule has 0 saturated carbocycles. The first-order valence-corrected chi connectivity index (χ1v) is 4.01. The van der Waals surface area contributed by atoms with E-state index < -0.39 is 0 Å². The number of hydrogen-bond donors (Lipinski definition) is 0. The van der Waals surface area contributed by atoms with Crippen molar-refractivity contribution in [3.8, 4) is 0 Å². The van der Waals surface area contributed by atoms with Gasteiger partial charge in [-0.1, -0.05) is 19.1 Å². The van der Waals surface area contributed by atoms with Crippen molar-refractivity contribution in [2.45, 2.75) is 32.8 Å². The van der Waals surface area contributed by atoms with Gasteiger partial charge in [-0.15, -0.1) is 0 Å². The van der Waals surface area contributed by atoms with Crippen LogP contribution in [0.2, 0.25) is 0 Å². The Kier molecular flexibility index (Phi) is 2.32. The largest absolute Gasteiger partial charge is 0.462 e. The van der Waals surface area contributed by atoms with Gasteiger partial charge in [0, 0.05) is 6.42 Å². The summed E-state index contributed by atoms with van der Waals surface area (Å²) >= 11 is 0. The molecule has 62 valence electrons. The van der Waals surface area contributed by atoms with Crippen LogP contribution >= 0.6 is 0 Å². The molecule has 2 nitrogen and oxygen atoms in total. The zero-order chi connectivity index (χ0) is 8.43. The van der Waals surface area contributed by atoms with E-state index >= 15 is 0 Å². The molecule has 1 fully saturated rings. The highest BCUT2D eigenvalue weighted by Crippen LogP contribution is 2.27. The lowest BCUT2D eigenvalue weighted by molar-refractivity contribution is -0.143. The zero-order valence-electron chi connectivity index (χ0n) is 7.09. The molecule has 0 amide bonds. The van der Waals surface area contributed by atoms with Crippen LogP contribution in [0.15, 0.2) is 12.2 Å². The number of carbonyl (C=O) groups is 1. The maximum absolute atomic E-state index is 11.1. The zero-order valence-corrected chi connectivity index (χ0v) is 7.09. The summed E-state index contributed by atoms with van der Waals surface area (Å²) in [5, 5.41) is 0. The number of cyclic esters (lactones) is 1. The Morgan fingerprint density at radius 1 is 1.82 bits per heavy atom. The smallest absolute Gasteiger partial charge is 0.313 e. The third-order valence-corrected chi connectivity index (χ3v) is 2.12. The van der Waals surface area contributed by atoms with Gasteiger partial charge in [0.25, 0.3) is 0 Å². The lowest BCUT2D eigenvalue weighted by Crippen LogP contribution is -2.07. The second kappa shape index (κ2) is 3.07. The van der Waals surface area contributed by atoms with Crippen molar-refractivity contribution < 1.29 is 9.53 Å². The number of esters is 1. The first-order valence-electron chi connectivity index (χ1n) is 4.01. The molecule has 0 N–H and O–H groups in total. The van der Waals surface area contributed by atoms with Gasteiger partial charge in [-0.2, -0.15) is 0 Å². The predicted octanol–water partition coefficient (Wildman–Crippen LogP) is 1.90. The lowest BCUT2D eigenvalue weighted by Gasteiger charge is -2.02. The molecule has 1 aliphatic heterocycles. The Bertz CT molecular complexity index is 184. The van der Waals surface area contributed by atoms with E-state index in [1.54, 1.807) is 0 Å². The van der Waals surface area contributed by atoms with E-state index in [-0.39, 0.29) is 18.0 Å². The molecule has 2 atom stereocenters. The number of carbonyl (C=O) groups excluding carboxylic acids is 1. The highest BCUT2D eigenvalue weighted by molar-refractivity contribution is 5.77. The molecule has 0 bridgehead atoms. The van der Waals surface area contributed by atoms with Gasteiger partial charge >= 0.3 is 5.97 Å². The van der Waals surface area contributed by atoms with E-state index in [2.05, 4.69) is 6.58 Å². The van der Waals surface area contributed by atoms with Gasteiger partial charge in [0.1, 0.15) is 6.10 Å². The van der Waals surface area contributed by atoms with Crippen LogP contribution in [0, 0.1) is 5.92 Å². The van der Waals surface area contributed by atoms with Crippen LogP contribution in [0.25, 0.3) is 0 Å². The molecule has 0 spiro atoms. The minimum Gasteiger partial charge on any atom is -0.462 e. The molecule has 0 radical (unpaired) electrons. The van der Waals surface area contributed by atoms with Crippen molar-refractivity contribution in [1.82, 2.24) is 0 Å². The van der Waals surface area contributed by atoms with Crippen molar-refractivity contribution in [1.29, 1.82) is 0 Å². The maximum Gasteiger partial charge on any atom is 0.313 e. The van der Waals surface area contributed by atoms with Gasteiger partial charge in [0.15, 0.2) is 0 Å². The summed E-state index contributed by atoms with van der Waals surface area (Å²) in [4.78, 5) is 11.1. The Balaban J connectivity index is 2.59. The fourth-order valence-electron chi connectivity index (χ4n) is 1.31. The topological polar surface area (TPSA) is 26.3 Å². The van der Waals surface area contributed by atoms with Crippen molar-refractivity contribution in [2.75, 3.05) is 0 Å². The molecule has 1 heterocycles. The summed E-state index contributed by atoms with van der Waals surface area (Å²) < 4.78 is 5.08. The third-order valence-electron chi connectivity index (χ3n) is 2.12. The monoisotopic (exact) mass is 154 g/mol. The summed E-state index contributed by atoms with van der Waals surface area (Å²) in [5.74, 6) is -0.135. The van der Waals surface area contributed by atoms with Gasteiger partial charge in [-0.05, 0) is 13.3 Å². The van der Waals surface area contributed by atoms with E-state index in [4.69, 9.17) is 4.74 Å². The molecule has 2 heteroatoms. The minimum absolute atomic E-state index is 0.0417. The van der Waals surface area contributed by atoms with E-state index in [1.165, 1.54) is 0 Å². The van der Waals surface area contributed by atoms with Crippen LogP contribution < -0.4 is 0 Å². The van der Waals surface area contributed by atoms with Gasteiger partial charge < -0.3 is 4.74 Å². The van der Waals surface area contributed by atoms with Crippen molar-refractivity contribution in [3.63, 3.8) is 0 Å². The number of rotatable bonds is 2. The normalized spacial score (nSPS) is 30.2. The molecule has 1 saturated heterocycles. The predicted molar refractivity (Wildman–Crippen MR) is 43.1 cm³/mol. The summed E-state index contributed by atoms with van der Waals surface area (Å²) in [6.07, 6.45) is 1.87. The van der Waals surface area contributed by atoms with Crippen molar-refractivity contribution in [3.05, 3.63) is 12.2 Å². The Hall–Kier alpha value is -0.790. The second-order valence-electron chi connectivity index (χ2n) is 3.10. The van der Waals surface area contributed by atoms with Crippen LogP contribution in [0.3, 0.4) is 0 Å². The molecule has 1 aliphatic rings. The Morgan fingerprint density at radius 3 is 2.73 bits per heavy atom. The fraction of sp³-hybridized carbons (Fsp3) is 0.667.